The highest BCUT2D eigenvalue weighted by Gasteiger charge is 2.30. The van der Waals surface area contributed by atoms with Crippen molar-refractivity contribution in [1.29, 1.82) is 0 Å². The molecule has 39 heavy (non-hydrogen) atoms. The molecule has 2 aromatic carbocycles. The number of fused-ring (bicyclic) bond motifs is 2. The zero-order valence-electron chi connectivity index (χ0n) is 22.5. The number of nitrogens with zero attached hydrogens (tertiary/aromatic N) is 6. The van der Waals surface area contributed by atoms with Crippen molar-refractivity contribution in [3.05, 3.63) is 72.2 Å². The van der Waals surface area contributed by atoms with Crippen LogP contribution in [-0.4, -0.2) is 61.6 Å². The summed E-state index contributed by atoms with van der Waals surface area (Å²) in [5.74, 6) is 0.487. The Balaban J connectivity index is 1.20. The van der Waals surface area contributed by atoms with E-state index in [0.717, 1.165) is 68.0 Å². The van der Waals surface area contributed by atoms with Gasteiger partial charge in [-0.3, -0.25) is 4.90 Å². The first-order chi connectivity index (χ1) is 19.2. The number of ether oxygens (including phenoxy) is 1. The number of nitrogen functional groups attached to an aromatic ring is 1. The van der Waals surface area contributed by atoms with Gasteiger partial charge in [0.25, 0.3) is 0 Å². The van der Waals surface area contributed by atoms with Crippen LogP contribution in [0.1, 0.15) is 42.9 Å². The summed E-state index contributed by atoms with van der Waals surface area (Å²) >= 11 is 0. The molecule has 8 nitrogen and oxygen atoms in total. The molecule has 1 saturated carbocycles. The van der Waals surface area contributed by atoms with Crippen LogP contribution < -0.4 is 5.73 Å². The van der Waals surface area contributed by atoms with E-state index in [1.54, 1.807) is 6.33 Å². The molecule has 0 spiro atoms. The highest BCUT2D eigenvalue weighted by atomic mass is 16.5. The second-order valence-electron chi connectivity index (χ2n) is 11.0. The Kier molecular flexibility index (Phi) is 6.29. The van der Waals surface area contributed by atoms with Crippen LogP contribution in [0.15, 0.2) is 61.1 Å². The van der Waals surface area contributed by atoms with E-state index in [9.17, 15) is 0 Å². The van der Waals surface area contributed by atoms with E-state index in [1.165, 1.54) is 34.9 Å². The van der Waals surface area contributed by atoms with Crippen LogP contribution in [0.2, 0.25) is 0 Å². The molecule has 1 saturated heterocycles. The molecule has 1 aliphatic heterocycles. The average molecular weight is 522 g/mol. The van der Waals surface area contributed by atoms with Crippen molar-refractivity contribution in [2.75, 3.05) is 32.0 Å². The molecule has 7 rings (SSSR count). The van der Waals surface area contributed by atoms with Gasteiger partial charge in [0.1, 0.15) is 17.8 Å². The summed E-state index contributed by atoms with van der Waals surface area (Å²) in [6.45, 7) is 6.81. The van der Waals surface area contributed by atoms with Gasteiger partial charge in [-0.25, -0.2) is 14.6 Å². The third-order valence-corrected chi connectivity index (χ3v) is 8.74. The Labute approximate surface area is 228 Å². The maximum absolute atomic E-state index is 6.45. The fourth-order valence-corrected chi connectivity index (χ4v) is 6.52. The number of hydrogen-bond donors (Lipinski definition) is 1. The zero-order valence-corrected chi connectivity index (χ0v) is 22.5. The fraction of sp³-hybridized carbons (Fsp3) is 0.387. The molecule has 8 heteroatoms. The molecular formula is C31H35N7O. The number of morpholine rings is 1. The third-order valence-electron chi connectivity index (χ3n) is 8.74. The normalized spacial score (nSPS) is 20.6. The Bertz CT molecular complexity index is 1620. The second kappa shape index (κ2) is 10.1. The van der Waals surface area contributed by atoms with Gasteiger partial charge in [0.05, 0.1) is 24.6 Å². The SMILES string of the molecule is Cc1ccccc1Cn1ccc2cc(-c3nn([C@H]4CC[C@H](N5CCOCC5)CC4)c4ncnc(N)c34)ccc21. The lowest BCUT2D eigenvalue weighted by Gasteiger charge is -2.38. The second-order valence-corrected chi connectivity index (χ2v) is 11.0. The summed E-state index contributed by atoms with van der Waals surface area (Å²) in [6.07, 6.45) is 8.24. The third kappa shape index (κ3) is 4.47. The number of hydrogen-bond acceptors (Lipinski definition) is 6. The molecule has 1 aliphatic carbocycles. The first kappa shape index (κ1) is 24.3. The van der Waals surface area contributed by atoms with Crippen molar-refractivity contribution < 1.29 is 4.74 Å². The molecule has 2 aliphatic rings. The maximum atomic E-state index is 6.45. The summed E-state index contributed by atoms with van der Waals surface area (Å²) in [4.78, 5) is 11.6. The Morgan fingerprint density at radius 1 is 0.949 bits per heavy atom. The molecule has 0 atom stereocenters. The standard InChI is InChI=1S/C31H35N7O/c1-21-4-2-3-5-24(21)19-37-13-12-22-18-23(6-11-27(22)37)29-28-30(32)33-20-34-31(28)38(35-29)26-9-7-25(8-10-26)36-14-16-39-17-15-36/h2-6,11-13,18,20,25-26H,7-10,14-17,19H2,1H3,(H2,32,33,34)/t25-,26-. The molecule has 2 fully saturated rings. The summed E-state index contributed by atoms with van der Waals surface area (Å²) in [6, 6.07) is 18.3. The van der Waals surface area contributed by atoms with Gasteiger partial charge in [0.15, 0.2) is 5.65 Å². The Morgan fingerprint density at radius 3 is 2.56 bits per heavy atom. The van der Waals surface area contributed by atoms with Gasteiger partial charge < -0.3 is 15.0 Å². The number of aryl methyl sites for hydroxylation is 1. The molecule has 3 aromatic heterocycles. The Hall–Kier alpha value is -3.75. The smallest absolute Gasteiger partial charge is 0.164 e. The van der Waals surface area contributed by atoms with E-state index in [1.807, 2.05) is 0 Å². The summed E-state index contributed by atoms with van der Waals surface area (Å²) < 4.78 is 10.0. The molecule has 2 N–H and O–H groups in total. The van der Waals surface area contributed by atoms with Gasteiger partial charge in [-0.2, -0.15) is 5.10 Å². The highest BCUT2D eigenvalue weighted by molar-refractivity contribution is 6.00. The van der Waals surface area contributed by atoms with Crippen LogP contribution in [0.4, 0.5) is 5.82 Å². The minimum Gasteiger partial charge on any atom is -0.383 e. The summed E-state index contributed by atoms with van der Waals surface area (Å²) in [5.41, 5.74) is 13.0. The van der Waals surface area contributed by atoms with E-state index in [4.69, 9.17) is 15.6 Å². The number of aromatic nitrogens is 5. The van der Waals surface area contributed by atoms with E-state index in [2.05, 4.69) is 85.8 Å². The lowest BCUT2D eigenvalue weighted by Crippen LogP contribution is -2.45. The number of benzene rings is 2. The van der Waals surface area contributed by atoms with Gasteiger partial charge in [-0.05, 0) is 61.9 Å². The van der Waals surface area contributed by atoms with Crippen LogP contribution >= 0.6 is 0 Å². The largest absolute Gasteiger partial charge is 0.383 e. The predicted molar refractivity (Wildman–Crippen MR) is 155 cm³/mol. The topological polar surface area (TPSA) is 87.0 Å². The number of rotatable bonds is 5. The lowest BCUT2D eigenvalue weighted by molar-refractivity contribution is 0.00520. The molecule has 0 bridgehead atoms. The molecule has 200 valence electrons. The van der Waals surface area contributed by atoms with E-state index in [-0.39, 0.29) is 0 Å². The first-order valence-electron chi connectivity index (χ1n) is 14.1. The van der Waals surface area contributed by atoms with Crippen LogP contribution in [0, 0.1) is 6.92 Å². The van der Waals surface area contributed by atoms with Crippen LogP contribution in [0.3, 0.4) is 0 Å². The van der Waals surface area contributed by atoms with Gasteiger partial charge in [-0.15, -0.1) is 0 Å². The van der Waals surface area contributed by atoms with Crippen LogP contribution in [-0.2, 0) is 11.3 Å². The Morgan fingerprint density at radius 2 is 1.74 bits per heavy atom. The van der Waals surface area contributed by atoms with E-state index >= 15 is 0 Å². The zero-order chi connectivity index (χ0) is 26.3. The van der Waals surface area contributed by atoms with Crippen molar-refractivity contribution in [3.8, 4) is 11.3 Å². The maximum Gasteiger partial charge on any atom is 0.164 e. The summed E-state index contributed by atoms with van der Waals surface area (Å²) in [7, 11) is 0. The molecule has 4 heterocycles. The highest BCUT2D eigenvalue weighted by Crippen LogP contribution is 2.37. The monoisotopic (exact) mass is 521 g/mol. The van der Waals surface area contributed by atoms with E-state index < -0.39 is 0 Å². The van der Waals surface area contributed by atoms with Crippen LogP contribution in [0.25, 0.3) is 33.2 Å². The van der Waals surface area contributed by atoms with E-state index in [0.29, 0.717) is 17.9 Å². The van der Waals surface area contributed by atoms with Crippen molar-refractivity contribution in [3.63, 3.8) is 0 Å². The minimum atomic E-state index is 0.312. The lowest BCUT2D eigenvalue weighted by atomic mass is 9.90. The number of nitrogens with two attached hydrogens (primary N) is 1. The van der Waals surface area contributed by atoms with Gasteiger partial charge in [0, 0.05) is 48.3 Å². The quantitative estimate of drug-likeness (QED) is 0.342. The van der Waals surface area contributed by atoms with Crippen molar-refractivity contribution in [2.24, 2.45) is 0 Å². The van der Waals surface area contributed by atoms with Gasteiger partial charge in [-0.1, -0.05) is 30.3 Å². The number of anilines is 1. The summed E-state index contributed by atoms with van der Waals surface area (Å²) in [5, 5.41) is 7.21. The predicted octanol–water partition coefficient (Wildman–Crippen LogP) is 5.20. The molecular weight excluding hydrogens is 486 g/mol. The fourth-order valence-electron chi connectivity index (χ4n) is 6.52. The first-order valence-corrected chi connectivity index (χ1v) is 14.1. The van der Waals surface area contributed by atoms with Gasteiger partial charge >= 0.3 is 0 Å². The van der Waals surface area contributed by atoms with Crippen molar-refractivity contribution in [1.82, 2.24) is 29.2 Å². The molecule has 0 unspecified atom stereocenters. The van der Waals surface area contributed by atoms with Crippen molar-refractivity contribution >= 4 is 27.8 Å². The molecule has 0 amide bonds. The van der Waals surface area contributed by atoms with Crippen molar-refractivity contribution in [2.45, 2.75) is 51.2 Å². The van der Waals surface area contributed by atoms with Gasteiger partial charge in [0.2, 0.25) is 0 Å². The average Bonchev–Trinajstić information content (AvgIpc) is 3.57. The molecule has 5 aromatic rings. The van der Waals surface area contributed by atoms with Crippen LogP contribution in [0.5, 0.6) is 0 Å². The minimum absolute atomic E-state index is 0.312. The molecule has 0 radical (unpaired) electrons.